The molecule has 0 saturated heterocycles. The van der Waals surface area contributed by atoms with Gasteiger partial charge in [0.1, 0.15) is 11.6 Å². The smallest absolute Gasteiger partial charge is 0.147 e. The van der Waals surface area contributed by atoms with Crippen LogP contribution in [0, 0.1) is 25.5 Å². The van der Waals surface area contributed by atoms with Gasteiger partial charge in [0, 0.05) is 23.3 Å². The zero-order valence-corrected chi connectivity index (χ0v) is 17.2. The lowest BCUT2D eigenvalue weighted by atomic mass is 10.0. The molecule has 30 heavy (non-hydrogen) atoms. The number of aromatic nitrogens is 1. The Labute approximate surface area is 175 Å². The first-order valence-corrected chi connectivity index (χ1v) is 9.99. The van der Waals surface area contributed by atoms with Crippen molar-refractivity contribution in [3.8, 4) is 11.1 Å². The van der Waals surface area contributed by atoms with Gasteiger partial charge in [0.2, 0.25) is 0 Å². The van der Waals surface area contributed by atoms with E-state index in [0.717, 1.165) is 51.0 Å². The van der Waals surface area contributed by atoms with Crippen LogP contribution < -0.4 is 5.32 Å². The van der Waals surface area contributed by atoms with Gasteiger partial charge in [-0.15, -0.1) is 0 Å². The van der Waals surface area contributed by atoms with Crippen molar-refractivity contribution < 1.29 is 8.78 Å². The van der Waals surface area contributed by atoms with Crippen LogP contribution in [-0.2, 0) is 6.42 Å². The molecule has 0 atom stereocenters. The lowest BCUT2D eigenvalue weighted by molar-refractivity contribution is 0.628. The van der Waals surface area contributed by atoms with Crippen molar-refractivity contribution in [2.75, 3.05) is 6.54 Å². The Bertz CT molecular complexity index is 1200. The molecule has 4 aromatic rings. The minimum atomic E-state index is -0.240. The first kappa shape index (κ1) is 19.9. The molecule has 0 saturated carbocycles. The molecule has 3 aromatic carbocycles. The Kier molecular flexibility index (Phi) is 5.40. The quantitative estimate of drug-likeness (QED) is 0.377. The molecule has 0 bridgehead atoms. The predicted molar refractivity (Wildman–Crippen MR) is 120 cm³/mol. The maximum Gasteiger partial charge on any atom is 0.147 e. The lowest BCUT2D eigenvalue weighted by Crippen LogP contribution is -2.15. The molecule has 0 amide bonds. The summed E-state index contributed by atoms with van der Waals surface area (Å²) in [5.41, 5.74) is 7.61. The maximum atomic E-state index is 14.1. The molecule has 152 valence electrons. The zero-order valence-electron chi connectivity index (χ0n) is 17.2. The van der Waals surface area contributed by atoms with E-state index in [2.05, 4.69) is 16.9 Å². The van der Waals surface area contributed by atoms with Gasteiger partial charge in [-0.25, -0.2) is 8.78 Å². The van der Waals surface area contributed by atoms with Gasteiger partial charge in [-0.2, -0.15) is 0 Å². The molecule has 1 heterocycles. The van der Waals surface area contributed by atoms with E-state index in [1.807, 2.05) is 44.2 Å². The van der Waals surface area contributed by atoms with Gasteiger partial charge in [-0.3, -0.25) is 0 Å². The maximum absolute atomic E-state index is 14.1. The van der Waals surface area contributed by atoms with Gasteiger partial charge in [0.25, 0.3) is 0 Å². The number of halogens is 2. The number of H-pyrrole nitrogens is 1. The third-order valence-electron chi connectivity index (χ3n) is 5.55. The predicted octanol–water partition coefficient (Wildman–Crippen LogP) is 6.53. The van der Waals surface area contributed by atoms with Crippen LogP contribution in [0.2, 0.25) is 0 Å². The Morgan fingerprint density at radius 3 is 2.20 bits per heavy atom. The second-order valence-corrected chi connectivity index (χ2v) is 7.58. The van der Waals surface area contributed by atoms with Crippen LogP contribution in [-0.4, -0.2) is 11.5 Å². The Morgan fingerprint density at radius 2 is 1.53 bits per heavy atom. The topological polar surface area (TPSA) is 27.8 Å². The highest BCUT2D eigenvalue weighted by molar-refractivity contribution is 5.88. The van der Waals surface area contributed by atoms with Crippen molar-refractivity contribution in [2.24, 2.45) is 0 Å². The number of aromatic amines is 1. The number of hydrogen-bond acceptors (Lipinski definition) is 1. The standard InChI is InChI=1S/C26H24F2N2/c1-16-4-13-24(28)26-25(16)23(18(3)30-26)14-15-29-17(2)19-5-7-20(8-6-19)21-9-11-22(27)12-10-21/h4-13,29-30H,2,14-15H2,1,3H3. The highest BCUT2D eigenvalue weighted by Crippen LogP contribution is 2.28. The van der Waals surface area contributed by atoms with E-state index in [-0.39, 0.29) is 11.6 Å². The number of aryl methyl sites for hydroxylation is 2. The third kappa shape index (κ3) is 3.86. The molecule has 0 aliphatic heterocycles. The van der Waals surface area contributed by atoms with Crippen LogP contribution in [0.15, 0.2) is 67.2 Å². The first-order valence-electron chi connectivity index (χ1n) is 9.99. The van der Waals surface area contributed by atoms with E-state index in [4.69, 9.17) is 0 Å². The molecule has 0 unspecified atom stereocenters. The molecule has 0 aliphatic carbocycles. The molecule has 2 N–H and O–H groups in total. The molecular formula is C26H24F2N2. The summed E-state index contributed by atoms with van der Waals surface area (Å²) >= 11 is 0. The van der Waals surface area contributed by atoms with Crippen LogP contribution in [0.3, 0.4) is 0 Å². The molecule has 0 aliphatic rings. The van der Waals surface area contributed by atoms with E-state index < -0.39 is 0 Å². The fourth-order valence-electron chi connectivity index (χ4n) is 3.90. The Hall–Kier alpha value is -3.40. The van der Waals surface area contributed by atoms with Crippen molar-refractivity contribution in [3.05, 3.63) is 101 Å². The van der Waals surface area contributed by atoms with Gasteiger partial charge in [0.05, 0.1) is 5.52 Å². The largest absolute Gasteiger partial charge is 0.385 e. The Balaban J connectivity index is 1.43. The second-order valence-electron chi connectivity index (χ2n) is 7.58. The summed E-state index contributed by atoms with van der Waals surface area (Å²) in [4.78, 5) is 3.18. The summed E-state index contributed by atoms with van der Waals surface area (Å²) < 4.78 is 27.2. The normalized spacial score (nSPS) is 11.1. The molecule has 1 aromatic heterocycles. The van der Waals surface area contributed by atoms with Crippen LogP contribution in [0.5, 0.6) is 0 Å². The number of hydrogen-bond donors (Lipinski definition) is 2. The molecule has 0 spiro atoms. The van der Waals surface area contributed by atoms with Crippen molar-refractivity contribution in [2.45, 2.75) is 20.3 Å². The van der Waals surface area contributed by atoms with Crippen LogP contribution in [0.25, 0.3) is 27.7 Å². The summed E-state index contributed by atoms with van der Waals surface area (Å²) in [5, 5.41) is 4.35. The van der Waals surface area contributed by atoms with Crippen LogP contribution >= 0.6 is 0 Å². The molecule has 0 fully saturated rings. The minimum Gasteiger partial charge on any atom is -0.385 e. The van der Waals surface area contributed by atoms with E-state index >= 15 is 0 Å². The fourth-order valence-corrected chi connectivity index (χ4v) is 3.90. The average Bonchev–Trinajstić information content (AvgIpc) is 3.09. The lowest BCUT2D eigenvalue weighted by Gasteiger charge is -2.11. The van der Waals surface area contributed by atoms with Crippen molar-refractivity contribution >= 4 is 16.6 Å². The van der Waals surface area contributed by atoms with Crippen molar-refractivity contribution in [1.82, 2.24) is 10.3 Å². The van der Waals surface area contributed by atoms with E-state index in [1.165, 1.54) is 18.2 Å². The number of fused-ring (bicyclic) bond motifs is 1. The van der Waals surface area contributed by atoms with Gasteiger partial charge >= 0.3 is 0 Å². The van der Waals surface area contributed by atoms with E-state index in [9.17, 15) is 8.78 Å². The fraction of sp³-hybridized carbons (Fsp3) is 0.154. The minimum absolute atomic E-state index is 0.219. The second kappa shape index (κ2) is 8.15. The summed E-state index contributed by atoms with van der Waals surface area (Å²) in [7, 11) is 0. The van der Waals surface area contributed by atoms with Crippen LogP contribution in [0.1, 0.15) is 22.4 Å². The molecule has 4 heteroatoms. The highest BCUT2D eigenvalue weighted by Gasteiger charge is 2.13. The van der Waals surface area contributed by atoms with Gasteiger partial charge in [0.15, 0.2) is 0 Å². The SMILES string of the molecule is C=C(NCCc1c(C)[nH]c2c(F)ccc(C)c12)c1ccc(-c2ccc(F)cc2)cc1. The summed E-state index contributed by atoms with van der Waals surface area (Å²) in [5.74, 6) is -0.458. The van der Waals surface area contributed by atoms with Crippen LogP contribution in [0.4, 0.5) is 8.78 Å². The van der Waals surface area contributed by atoms with Gasteiger partial charge in [-0.1, -0.05) is 49.0 Å². The van der Waals surface area contributed by atoms with Crippen molar-refractivity contribution in [3.63, 3.8) is 0 Å². The Morgan fingerprint density at radius 1 is 0.900 bits per heavy atom. The molecular weight excluding hydrogens is 378 g/mol. The summed E-state index contributed by atoms with van der Waals surface area (Å²) in [6.07, 6.45) is 0.767. The van der Waals surface area contributed by atoms with Crippen molar-refractivity contribution in [1.29, 1.82) is 0 Å². The average molecular weight is 402 g/mol. The third-order valence-corrected chi connectivity index (χ3v) is 5.55. The molecule has 0 radical (unpaired) electrons. The number of benzene rings is 3. The van der Waals surface area contributed by atoms with E-state index in [0.29, 0.717) is 12.1 Å². The zero-order chi connectivity index (χ0) is 21.3. The van der Waals surface area contributed by atoms with Gasteiger partial charge < -0.3 is 10.3 Å². The monoisotopic (exact) mass is 402 g/mol. The molecule has 4 rings (SSSR count). The summed E-state index contributed by atoms with van der Waals surface area (Å²) in [6.45, 7) is 8.83. The van der Waals surface area contributed by atoms with E-state index in [1.54, 1.807) is 12.1 Å². The molecule has 2 nitrogen and oxygen atoms in total. The summed E-state index contributed by atoms with van der Waals surface area (Å²) in [6, 6.07) is 17.8. The first-order chi connectivity index (χ1) is 14.4. The van der Waals surface area contributed by atoms with Gasteiger partial charge in [-0.05, 0) is 66.3 Å². The number of nitrogens with one attached hydrogen (secondary N) is 2. The number of rotatable bonds is 6. The highest BCUT2D eigenvalue weighted by atomic mass is 19.1.